The molecule has 0 bridgehead atoms. The molecule has 3 nitrogen and oxygen atoms in total. The summed E-state index contributed by atoms with van der Waals surface area (Å²) in [5.74, 6) is -0.0509. The van der Waals surface area contributed by atoms with E-state index in [0.29, 0.717) is 0 Å². The fourth-order valence-corrected chi connectivity index (χ4v) is 1.08. The minimum absolute atomic E-state index is 0.0509. The first kappa shape index (κ1) is 10.1. The predicted octanol–water partition coefficient (Wildman–Crippen LogP) is 2.07. The van der Waals surface area contributed by atoms with Crippen molar-refractivity contribution < 1.29 is 5.11 Å². The van der Waals surface area contributed by atoms with Gasteiger partial charge in [0.2, 0.25) is 0 Å². The fourth-order valence-electron chi connectivity index (χ4n) is 1.08. The second kappa shape index (κ2) is 3.40. The molecule has 0 fully saturated rings. The van der Waals surface area contributed by atoms with Gasteiger partial charge in [-0.25, -0.2) is 0 Å². The highest BCUT2D eigenvalue weighted by Crippen LogP contribution is 2.26. The summed E-state index contributed by atoms with van der Waals surface area (Å²) in [7, 11) is 0. The molecular weight excluding hydrogens is 176 g/mol. The van der Waals surface area contributed by atoms with Crippen molar-refractivity contribution in [3.63, 3.8) is 0 Å². The first-order valence-electron chi connectivity index (χ1n) is 4.16. The van der Waals surface area contributed by atoms with E-state index < -0.39 is 5.41 Å². The maximum atomic E-state index is 9.27. The van der Waals surface area contributed by atoms with E-state index in [4.69, 9.17) is 10.5 Å². The molecule has 0 aromatic heterocycles. The number of phenols is 1. The SMILES string of the molecule is CC(C)(C#N)c1ccc(O)c(C#N)c1. The van der Waals surface area contributed by atoms with Crippen LogP contribution in [-0.4, -0.2) is 5.11 Å². The van der Waals surface area contributed by atoms with Gasteiger partial charge in [0.1, 0.15) is 11.8 Å². The lowest BCUT2D eigenvalue weighted by Crippen LogP contribution is -2.13. The van der Waals surface area contributed by atoms with Crippen LogP contribution in [0, 0.1) is 22.7 Å². The van der Waals surface area contributed by atoms with Gasteiger partial charge in [0.05, 0.1) is 17.0 Å². The molecule has 70 valence electrons. The lowest BCUT2D eigenvalue weighted by Gasteiger charge is -2.15. The Hall–Kier alpha value is -2.00. The van der Waals surface area contributed by atoms with Crippen molar-refractivity contribution in [3.8, 4) is 17.9 Å². The van der Waals surface area contributed by atoms with Crippen LogP contribution in [0.2, 0.25) is 0 Å². The van der Waals surface area contributed by atoms with Crippen molar-refractivity contribution in [2.75, 3.05) is 0 Å². The van der Waals surface area contributed by atoms with E-state index in [2.05, 4.69) is 6.07 Å². The number of benzene rings is 1. The highest BCUT2D eigenvalue weighted by molar-refractivity contribution is 5.47. The second-order valence-corrected chi connectivity index (χ2v) is 3.58. The van der Waals surface area contributed by atoms with Gasteiger partial charge in [0.15, 0.2) is 0 Å². The summed E-state index contributed by atoms with van der Waals surface area (Å²) in [5, 5.41) is 26.8. The van der Waals surface area contributed by atoms with Crippen molar-refractivity contribution in [2.24, 2.45) is 0 Å². The van der Waals surface area contributed by atoms with Crippen LogP contribution in [0.3, 0.4) is 0 Å². The third kappa shape index (κ3) is 1.67. The van der Waals surface area contributed by atoms with Crippen molar-refractivity contribution in [2.45, 2.75) is 19.3 Å². The minimum atomic E-state index is -0.640. The van der Waals surface area contributed by atoms with Crippen LogP contribution >= 0.6 is 0 Å². The molecular formula is C11H10N2O. The molecule has 0 amide bonds. The van der Waals surface area contributed by atoms with Crippen LogP contribution in [0.5, 0.6) is 5.75 Å². The van der Waals surface area contributed by atoms with Crippen molar-refractivity contribution in [1.82, 2.24) is 0 Å². The molecule has 1 aromatic rings. The van der Waals surface area contributed by atoms with Crippen molar-refractivity contribution in [1.29, 1.82) is 10.5 Å². The van der Waals surface area contributed by atoms with Gasteiger partial charge in [-0.1, -0.05) is 6.07 Å². The van der Waals surface area contributed by atoms with Gasteiger partial charge >= 0.3 is 0 Å². The highest BCUT2D eigenvalue weighted by atomic mass is 16.3. The molecule has 0 aliphatic rings. The van der Waals surface area contributed by atoms with Gasteiger partial charge in [-0.15, -0.1) is 0 Å². The Balaban J connectivity index is 3.30. The molecule has 0 heterocycles. The molecule has 0 saturated heterocycles. The largest absolute Gasteiger partial charge is 0.507 e. The van der Waals surface area contributed by atoms with E-state index in [-0.39, 0.29) is 11.3 Å². The smallest absolute Gasteiger partial charge is 0.133 e. The number of nitriles is 2. The summed E-state index contributed by atoms with van der Waals surface area (Å²) in [4.78, 5) is 0. The van der Waals surface area contributed by atoms with E-state index in [1.165, 1.54) is 6.07 Å². The standard InChI is InChI=1S/C11H10N2O/c1-11(2,7-13)9-3-4-10(14)8(5-9)6-12/h3-5,14H,1-2H3. The van der Waals surface area contributed by atoms with Gasteiger partial charge < -0.3 is 5.11 Å². The lowest BCUT2D eigenvalue weighted by atomic mass is 9.85. The molecule has 0 aliphatic carbocycles. The zero-order valence-corrected chi connectivity index (χ0v) is 8.07. The van der Waals surface area contributed by atoms with Crippen molar-refractivity contribution >= 4 is 0 Å². The van der Waals surface area contributed by atoms with Gasteiger partial charge in [-0.3, -0.25) is 0 Å². The summed E-state index contributed by atoms with van der Waals surface area (Å²) in [6.07, 6.45) is 0. The third-order valence-corrected chi connectivity index (χ3v) is 2.12. The molecule has 0 radical (unpaired) electrons. The number of nitrogens with zero attached hydrogens (tertiary/aromatic N) is 2. The van der Waals surface area contributed by atoms with Crippen LogP contribution in [0.25, 0.3) is 0 Å². The topological polar surface area (TPSA) is 67.8 Å². The Bertz CT molecular complexity index is 436. The number of hydrogen-bond acceptors (Lipinski definition) is 3. The Morgan fingerprint density at radius 1 is 1.29 bits per heavy atom. The van der Waals surface area contributed by atoms with E-state index >= 15 is 0 Å². The Morgan fingerprint density at radius 2 is 1.93 bits per heavy atom. The summed E-state index contributed by atoms with van der Waals surface area (Å²) in [6.45, 7) is 3.53. The predicted molar refractivity (Wildman–Crippen MR) is 51.5 cm³/mol. The first-order valence-corrected chi connectivity index (χ1v) is 4.16. The van der Waals surface area contributed by atoms with Crippen molar-refractivity contribution in [3.05, 3.63) is 29.3 Å². The number of phenolic OH excluding ortho intramolecular Hbond substituents is 1. The second-order valence-electron chi connectivity index (χ2n) is 3.58. The van der Waals surface area contributed by atoms with Crippen LogP contribution in [0.15, 0.2) is 18.2 Å². The summed E-state index contributed by atoms with van der Waals surface area (Å²) >= 11 is 0. The summed E-state index contributed by atoms with van der Waals surface area (Å²) < 4.78 is 0. The van der Waals surface area contributed by atoms with Gasteiger partial charge in [0, 0.05) is 0 Å². The normalized spacial score (nSPS) is 10.3. The monoisotopic (exact) mass is 186 g/mol. The lowest BCUT2D eigenvalue weighted by molar-refractivity contribution is 0.473. The summed E-state index contributed by atoms with van der Waals surface area (Å²) in [6, 6.07) is 8.64. The number of aromatic hydroxyl groups is 1. The highest BCUT2D eigenvalue weighted by Gasteiger charge is 2.20. The molecule has 0 atom stereocenters. The molecule has 14 heavy (non-hydrogen) atoms. The van der Waals surface area contributed by atoms with E-state index in [1.807, 2.05) is 6.07 Å². The molecule has 0 unspecified atom stereocenters. The number of hydrogen-bond donors (Lipinski definition) is 1. The molecule has 1 aromatic carbocycles. The zero-order chi connectivity index (χ0) is 10.8. The molecule has 0 saturated carbocycles. The third-order valence-electron chi connectivity index (χ3n) is 2.12. The van der Waals surface area contributed by atoms with Gasteiger partial charge in [-0.2, -0.15) is 10.5 Å². The molecule has 0 spiro atoms. The summed E-state index contributed by atoms with van der Waals surface area (Å²) in [5.41, 5.74) is 0.291. The Labute approximate surface area is 82.8 Å². The average Bonchev–Trinajstić information content (AvgIpc) is 2.18. The van der Waals surface area contributed by atoms with E-state index in [1.54, 1.807) is 26.0 Å². The quantitative estimate of drug-likeness (QED) is 0.729. The maximum absolute atomic E-state index is 9.27. The van der Waals surface area contributed by atoms with E-state index in [9.17, 15) is 5.11 Å². The van der Waals surface area contributed by atoms with Gasteiger partial charge in [0.25, 0.3) is 0 Å². The first-order chi connectivity index (χ1) is 6.51. The fraction of sp³-hybridized carbons (Fsp3) is 0.273. The van der Waals surface area contributed by atoms with Gasteiger partial charge in [-0.05, 0) is 31.5 Å². The Kier molecular flexibility index (Phi) is 2.45. The minimum Gasteiger partial charge on any atom is -0.507 e. The molecule has 3 heteroatoms. The average molecular weight is 186 g/mol. The number of rotatable bonds is 1. The molecule has 1 rings (SSSR count). The van der Waals surface area contributed by atoms with Crippen LogP contribution in [0.4, 0.5) is 0 Å². The maximum Gasteiger partial charge on any atom is 0.133 e. The molecule has 1 N–H and O–H groups in total. The van der Waals surface area contributed by atoms with Crippen LogP contribution < -0.4 is 0 Å². The zero-order valence-electron chi connectivity index (χ0n) is 8.07. The van der Waals surface area contributed by atoms with E-state index in [0.717, 1.165) is 5.56 Å². The molecule has 0 aliphatic heterocycles. The van der Waals surface area contributed by atoms with Crippen LogP contribution in [-0.2, 0) is 5.41 Å². The Morgan fingerprint density at radius 3 is 2.43 bits per heavy atom. The van der Waals surface area contributed by atoms with Crippen LogP contribution in [0.1, 0.15) is 25.0 Å².